The molecule has 0 bridgehead atoms. The van der Waals surface area contributed by atoms with E-state index in [1.54, 1.807) is 0 Å². The lowest BCUT2D eigenvalue weighted by molar-refractivity contribution is -0.197. The van der Waals surface area contributed by atoms with E-state index >= 15 is 0 Å². The Morgan fingerprint density at radius 2 is 1.94 bits per heavy atom. The molecule has 0 amide bonds. The van der Waals surface area contributed by atoms with E-state index in [9.17, 15) is 9.90 Å². The molecule has 1 saturated carbocycles. The average Bonchev–Trinajstić information content (AvgIpc) is 2.97. The van der Waals surface area contributed by atoms with Crippen LogP contribution in [0.25, 0.3) is 0 Å². The van der Waals surface area contributed by atoms with Gasteiger partial charge < -0.3 is 24.1 Å². The summed E-state index contributed by atoms with van der Waals surface area (Å²) in [7, 11) is -1.91. The van der Waals surface area contributed by atoms with Crippen LogP contribution in [0.2, 0.25) is 18.1 Å². The predicted octanol–water partition coefficient (Wildman–Crippen LogP) is 5.12. The molecule has 1 aliphatic heterocycles. The topological polar surface area (TPSA) is 85.2 Å². The zero-order valence-corrected chi connectivity index (χ0v) is 21.1. The SMILES string of the molecule is CC(C)(C)[Si](C)(C)OC[C@@H]1C(C/C=C\CCCC(=O)O)C(O)C[C@H]1OC1CCCCO1. The third kappa shape index (κ3) is 8.28. The van der Waals surface area contributed by atoms with Crippen molar-refractivity contribution >= 4 is 14.3 Å². The molecule has 180 valence electrons. The Bertz CT molecular complexity index is 579. The van der Waals surface area contributed by atoms with Crippen molar-refractivity contribution in [3.63, 3.8) is 0 Å². The minimum atomic E-state index is -1.91. The molecule has 6 nitrogen and oxygen atoms in total. The number of carboxylic acids is 1. The molecule has 0 radical (unpaired) electrons. The first-order valence-electron chi connectivity index (χ1n) is 12.0. The first-order chi connectivity index (χ1) is 14.5. The summed E-state index contributed by atoms with van der Waals surface area (Å²) in [6, 6.07) is 0. The summed E-state index contributed by atoms with van der Waals surface area (Å²) in [5.74, 6) is -0.556. The molecule has 7 heteroatoms. The lowest BCUT2D eigenvalue weighted by Gasteiger charge is -2.38. The lowest BCUT2D eigenvalue weighted by Crippen LogP contribution is -2.44. The number of aliphatic carboxylic acids is 1. The van der Waals surface area contributed by atoms with Gasteiger partial charge in [-0.3, -0.25) is 4.79 Å². The fraction of sp³-hybridized carbons (Fsp3) is 0.875. The van der Waals surface area contributed by atoms with Crippen molar-refractivity contribution in [3.05, 3.63) is 12.2 Å². The van der Waals surface area contributed by atoms with Crippen LogP contribution in [-0.2, 0) is 18.7 Å². The summed E-state index contributed by atoms with van der Waals surface area (Å²) in [5.41, 5.74) is 0. The summed E-state index contributed by atoms with van der Waals surface area (Å²) in [6.45, 7) is 12.6. The fourth-order valence-electron chi connectivity index (χ4n) is 4.14. The Labute approximate surface area is 189 Å². The van der Waals surface area contributed by atoms with Gasteiger partial charge in [0.1, 0.15) is 0 Å². The molecule has 3 unspecified atom stereocenters. The Morgan fingerprint density at radius 1 is 1.19 bits per heavy atom. The van der Waals surface area contributed by atoms with Gasteiger partial charge in [0.05, 0.1) is 12.2 Å². The van der Waals surface area contributed by atoms with Crippen LogP contribution in [0.1, 0.15) is 72.1 Å². The third-order valence-corrected chi connectivity index (χ3v) is 11.7. The summed E-state index contributed by atoms with van der Waals surface area (Å²) in [5, 5.41) is 19.7. The number of allylic oxidation sites excluding steroid dienone is 2. The highest BCUT2D eigenvalue weighted by Gasteiger charge is 2.46. The number of rotatable bonds is 11. The third-order valence-electron chi connectivity index (χ3n) is 7.24. The van der Waals surface area contributed by atoms with Crippen LogP contribution in [0, 0.1) is 11.8 Å². The number of unbranched alkanes of at least 4 members (excludes halogenated alkanes) is 1. The number of hydrogen-bond donors (Lipinski definition) is 2. The van der Waals surface area contributed by atoms with Crippen LogP contribution in [0.5, 0.6) is 0 Å². The van der Waals surface area contributed by atoms with E-state index in [1.807, 2.05) is 6.08 Å². The quantitative estimate of drug-likeness (QED) is 0.255. The van der Waals surface area contributed by atoms with Crippen LogP contribution in [0.3, 0.4) is 0 Å². The number of aliphatic hydroxyl groups excluding tert-OH is 1. The number of carboxylic acid groups (broad SMARTS) is 1. The van der Waals surface area contributed by atoms with Crippen LogP contribution in [0.4, 0.5) is 0 Å². The molecule has 2 aliphatic rings. The second-order valence-electron chi connectivity index (χ2n) is 10.7. The maximum atomic E-state index is 10.8. The normalized spacial score (nSPS) is 30.2. The highest BCUT2D eigenvalue weighted by atomic mass is 28.4. The molecule has 0 spiro atoms. The Hall–Kier alpha value is -0.733. The number of aliphatic hydroxyl groups is 1. The largest absolute Gasteiger partial charge is 0.481 e. The average molecular weight is 457 g/mol. The minimum absolute atomic E-state index is 0.0618. The van der Waals surface area contributed by atoms with Gasteiger partial charge in [-0.05, 0) is 62.6 Å². The molecule has 31 heavy (non-hydrogen) atoms. The van der Waals surface area contributed by atoms with E-state index in [-0.39, 0.29) is 35.7 Å². The maximum Gasteiger partial charge on any atom is 0.303 e. The van der Waals surface area contributed by atoms with Crippen molar-refractivity contribution in [3.8, 4) is 0 Å². The smallest absolute Gasteiger partial charge is 0.303 e. The molecular weight excluding hydrogens is 412 g/mol. The molecule has 1 saturated heterocycles. The van der Waals surface area contributed by atoms with Crippen LogP contribution >= 0.6 is 0 Å². The standard InChI is InChI=1S/C24H44O6Si/c1-24(2,3)31(4,5)29-17-19-18(12-8-6-7-9-13-22(26)27)20(25)16-21(19)30-23-14-10-11-15-28-23/h6,8,18-21,23,25H,7,9-17H2,1-5H3,(H,26,27)/b8-6-/t18?,19-,20?,21-,23?/m1/s1. The van der Waals surface area contributed by atoms with Crippen molar-refractivity contribution < 1.29 is 28.9 Å². The summed E-state index contributed by atoms with van der Waals surface area (Å²) in [6.07, 6.45) is 9.53. The summed E-state index contributed by atoms with van der Waals surface area (Å²) < 4.78 is 18.7. The second-order valence-corrected chi connectivity index (χ2v) is 15.5. The fourth-order valence-corrected chi connectivity index (χ4v) is 5.19. The van der Waals surface area contributed by atoms with E-state index in [0.717, 1.165) is 38.7 Å². The number of ether oxygens (including phenoxy) is 2. The molecule has 0 aromatic carbocycles. The zero-order valence-electron chi connectivity index (χ0n) is 20.1. The van der Waals surface area contributed by atoms with Crippen LogP contribution in [-0.4, -0.2) is 56.2 Å². The minimum Gasteiger partial charge on any atom is -0.481 e. The van der Waals surface area contributed by atoms with Crippen LogP contribution in [0.15, 0.2) is 12.2 Å². The molecule has 0 aromatic rings. The van der Waals surface area contributed by atoms with Gasteiger partial charge in [0.2, 0.25) is 0 Å². The van der Waals surface area contributed by atoms with Crippen molar-refractivity contribution in [1.29, 1.82) is 0 Å². The van der Waals surface area contributed by atoms with E-state index in [1.165, 1.54) is 0 Å². The van der Waals surface area contributed by atoms with Crippen molar-refractivity contribution in [2.24, 2.45) is 11.8 Å². The van der Waals surface area contributed by atoms with Gasteiger partial charge in [0.25, 0.3) is 0 Å². The van der Waals surface area contributed by atoms with Gasteiger partial charge in [0.15, 0.2) is 14.6 Å². The summed E-state index contributed by atoms with van der Waals surface area (Å²) in [4.78, 5) is 10.7. The van der Waals surface area contributed by atoms with Gasteiger partial charge in [-0.25, -0.2) is 0 Å². The Kier molecular flexibility index (Phi) is 10.2. The van der Waals surface area contributed by atoms with Gasteiger partial charge in [-0.1, -0.05) is 32.9 Å². The molecule has 5 atom stereocenters. The predicted molar refractivity (Wildman–Crippen MR) is 124 cm³/mol. The van der Waals surface area contributed by atoms with E-state index in [4.69, 9.17) is 19.0 Å². The Morgan fingerprint density at radius 3 is 2.55 bits per heavy atom. The molecule has 0 aromatic heterocycles. The van der Waals surface area contributed by atoms with Gasteiger partial charge in [0, 0.05) is 32.0 Å². The molecule has 2 fully saturated rings. The van der Waals surface area contributed by atoms with Crippen LogP contribution < -0.4 is 0 Å². The van der Waals surface area contributed by atoms with Crippen molar-refractivity contribution in [2.75, 3.05) is 13.2 Å². The molecule has 2 N–H and O–H groups in total. The Balaban J connectivity index is 2.01. The molecule has 2 rings (SSSR count). The zero-order chi connectivity index (χ0) is 23.1. The molecular formula is C24H44O6Si. The van der Waals surface area contributed by atoms with E-state index < -0.39 is 20.4 Å². The van der Waals surface area contributed by atoms with E-state index in [0.29, 0.717) is 19.4 Å². The van der Waals surface area contributed by atoms with Gasteiger partial charge in [-0.15, -0.1) is 0 Å². The van der Waals surface area contributed by atoms with Gasteiger partial charge in [-0.2, -0.15) is 0 Å². The number of hydrogen-bond acceptors (Lipinski definition) is 5. The monoisotopic (exact) mass is 456 g/mol. The number of carbonyl (C=O) groups is 1. The highest BCUT2D eigenvalue weighted by Crippen LogP contribution is 2.42. The van der Waals surface area contributed by atoms with Gasteiger partial charge >= 0.3 is 5.97 Å². The first kappa shape index (κ1) is 26.5. The molecule has 1 heterocycles. The summed E-state index contributed by atoms with van der Waals surface area (Å²) >= 11 is 0. The maximum absolute atomic E-state index is 10.8. The van der Waals surface area contributed by atoms with Crippen molar-refractivity contribution in [1.82, 2.24) is 0 Å². The lowest BCUT2D eigenvalue weighted by atomic mass is 9.91. The van der Waals surface area contributed by atoms with Crippen molar-refractivity contribution in [2.45, 2.75) is 109 Å². The van der Waals surface area contributed by atoms with E-state index in [2.05, 4.69) is 39.9 Å². The molecule has 1 aliphatic carbocycles. The second kappa shape index (κ2) is 11.9. The first-order valence-corrected chi connectivity index (χ1v) is 14.9. The highest BCUT2D eigenvalue weighted by molar-refractivity contribution is 6.74.